The monoisotopic (exact) mass is 187 g/mol. The zero-order chi connectivity index (χ0) is 9.84. The average molecular weight is 187 g/mol. The Balaban J connectivity index is 2.31. The Labute approximate surface area is 78.3 Å². The van der Waals surface area contributed by atoms with Crippen LogP contribution in [-0.2, 0) is 9.53 Å². The van der Waals surface area contributed by atoms with Crippen molar-refractivity contribution in [2.45, 2.75) is 44.9 Å². The highest BCUT2D eigenvalue weighted by atomic mass is 16.5. The fraction of sp³-hybridized carbons (Fsp3) is 0.889. The third-order valence-corrected chi connectivity index (χ3v) is 2.32. The van der Waals surface area contributed by atoms with E-state index in [0.717, 1.165) is 12.8 Å². The molecular formula is C9H17NO3. The van der Waals surface area contributed by atoms with Crippen LogP contribution in [0.5, 0.6) is 0 Å². The lowest BCUT2D eigenvalue weighted by Gasteiger charge is -2.18. The van der Waals surface area contributed by atoms with Crippen LogP contribution in [0.15, 0.2) is 0 Å². The van der Waals surface area contributed by atoms with Gasteiger partial charge in [0.1, 0.15) is 6.10 Å². The lowest BCUT2D eigenvalue weighted by Crippen LogP contribution is -2.44. The highest BCUT2D eigenvalue weighted by Gasteiger charge is 2.25. The molecule has 1 saturated heterocycles. The van der Waals surface area contributed by atoms with Crippen molar-refractivity contribution >= 4 is 5.91 Å². The molecule has 0 radical (unpaired) electrons. The first-order valence-electron chi connectivity index (χ1n) is 4.71. The molecule has 76 valence electrons. The van der Waals surface area contributed by atoms with E-state index in [1.54, 1.807) is 13.8 Å². The van der Waals surface area contributed by atoms with E-state index in [9.17, 15) is 4.79 Å². The molecule has 0 bridgehead atoms. The Hall–Kier alpha value is -0.610. The number of rotatable bonds is 3. The van der Waals surface area contributed by atoms with Crippen LogP contribution < -0.4 is 5.32 Å². The zero-order valence-corrected chi connectivity index (χ0v) is 8.12. The van der Waals surface area contributed by atoms with Crippen molar-refractivity contribution in [1.29, 1.82) is 0 Å². The topological polar surface area (TPSA) is 58.6 Å². The van der Waals surface area contributed by atoms with Gasteiger partial charge in [0.05, 0.1) is 12.1 Å². The van der Waals surface area contributed by atoms with Crippen molar-refractivity contribution in [2.75, 3.05) is 6.61 Å². The molecule has 0 spiro atoms. The van der Waals surface area contributed by atoms with Crippen molar-refractivity contribution in [3.05, 3.63) is 0 Å². The first-order valence-corrected chi connectivity index (χ1v) is 4.71. The van der Waals surface area contributed by atoms with E-state index in [-0.39, 0.29) is 18.1 Å². The predicted molar refractivity (Wildman–Crippen MR) is 48.3 cm³/mol. The number of amides is 1. The summed E-state index contributed by atoms with van der Waals surface area (Å²) in [4.78, 5) is 11.4. The molecule has 1 amide bonds. The normalized spacial score (nSPS) is 26.8. The molecule has 0 aliphatic carbocycles. The molecule has 0 aromatic carbocycles. The van der Waals surface area contributed by atoms with Crippen LogP contribution in [-0.4, -0.2) is 35.9 Å². The highest BCUT2D eigenvalue weighted by molar-refractivity contribution is 5.81. The third kappa shape index (κ3) is 2.97. The van der Waals surface area contributed by atoms with Gasteiger partial charge in [-0.3, -0.25) is 4.79 Å². The molecular weight excluding hydrogens is 170 g/mol. The van der Waals surface area contributed by atoms with Gasteiger partial charge >= 0.3 is 0 Å². The summed E-state index contributed by atoms with van der Waals surface area (Å²) in [7, 11) is 0. The van der Waals surface area contributed by atoms with E-state index in [0.29, 0.717) is 6.61 Å². The van der Waals surface area contributed by atoms with Crippen LogP contribution in [0.1, 0.15) is 26.7 Å². The predicted octanol–water partition coefficient (Wildman–Crippen LogP) is 0.0509. The van der Waals surface area contributed by atoms with Crippen LogP contribution in [0, 0.1) is 0 Å². The Morgan fingerprint density at radius 3 is 2.77 bits per heavy atom. The van der Waals surface area contributed by atoms with Crippen molar-refractivity contribution in [3.63, 3.8) is 0 Å². The molecule has 4 heteroatoms. The second-order valence-corrected chi connectivity index (χ2v) is 3.54. The summed E-state index contributed by atoms with van der Waals surface area (Å²) in [6.45, 7) is 4.10. The number of hydrogen-bond acceptors (Lipinski definition) is 3. The summed E-state index contributed by atoms with van der Waals surface area (Å²) in [6, 6.07) is -0.211. The number of nitrogens with one attached hydrogen (secondary N) is 1. The Morgan fingerprint density at radius 1 is 1.62 bits per heavy atom. The van der Waals surface area contributed by atoms with Gasteiger partial charge in [-0.1, -0.05) is 0 Å². The second-order valence-electron chi connectivity index (χ2n) is 3.54. The molecule has 4 nitrogen and oxygen atoms in total. The second kappa shape index (κ2) is 4.58. The molecule has 0 aromatic heterocycles. The van der Waals surface area contributed by atoms with Crippen LogP contribution in [0.3, 0.4) is 0 Å². The Morgan fingerprint density at radius 2 is 2.31 bits per heavy atom. The van der Waals surface area contributed by atoms with Crippen molar-refractivity contribution in [3.8, 4) is 0 Å². The highest BCUT2D eigenvalue weighted by Crippen LogP contribution is 2.12. The Kier molecular flexibility index (Phi) is 3.69. The maximum atomic E-state index is 11.4. The van der Waals surface area contributed by atoms with Crippen LogP contribution in [0.4, 0.5) is 0 Å². The number of carbonyl (C=O) groups is 1. The molecule has 2 N–H and O–H groups in total. The van der Waals surface area contributed by atoms with Crippen molar-refractivity contribution in [1.82, 2.24) is 5.32 Å². The summed E-state index contributed by atoms with van der Waals surface area (Å²) in [5.74, 6) is -0.106. The standard InChI is InChI=1S/C9H17NO3/c1-6(7(2)11)10-9(12)8-4-3-5-13-8/h6-8,11H,3-5H2,1-2H3,(H,10,12)/t6?,7?,8-/m0/s1. The molecule has 1 heterocycles. The number of aliphatic hydroxyl groups excluding tert-OH is 1. The fourth-order valence-corrected chi connectivity index (χ4v) is 1.22. The molecule has 1 aliphatic rings. The minimum atomic E-state index is -0.523. The van der Waals surface area contributed by atoms with E-state index in [1.807, 2.05) is 0 Å². The fourth-order valence-electron chi connectivity index (χ4n) is 1.22. The van der Waals surface area contributed by atoms with E-state index in [4.69, 9.17) is 9.84 Å². The maximum absolute atomic E-state index is 11.4. The first kappa shape index (κ1) is 10.5. The summed E-state index contributed by atoms with van der Waals surface area (Å²) >= 11 is 0. The lowest BCUT2D eigenvalue weighted by atomic mass is 10.2. The minimum Gasteiger partial charge on any atom is -0.391 e. The number of ether oxygens (including phenoxy) is 1. The van der Waals surface area contributed by atoms with Gasteiger partial charge in [0.25, 0.3) is 0 Å². The van der Waals surface area contributed by atoms with Gasteiger partial charge in [0.15, 0.2) is 0 Å². The van der Waals surface area contributed by atoms with Crippen LogP contribution in [0.2, 0.25) is 0 Å². The number of aliphatic hydroxyl groups is 1. The van der Waals surface area contributed by atoms with E-state index >= 15 is 0 Å². The van der Waals surface area contributed by atoms with Gasteiger partial charge in [0, 0.05) is 6.61 Å². The first-order chi connectivity index (χ1) is 6.11. The SMILES string of the molecule is CC(O)C(C)NC(=O)[C@@H]1CCCO1. The molecule has 1 aliphatic heterocycles. The zero-order valence-electron chi connectivity index (χ0n) is 8.12. The molecule has 1 fully saturated rings. The van der Waals surface area contributed by atoms with Gasteiger partial charge in [-0.2, -0.15) is 0 Å². The van der Waals surface area contributed by atoms with Gasteiger partial charge in [-0.25, -0.2) is 0 Å². The molecule has 3 atom stereocenters. The van der Waals surface area contributed by atoms with E-state index in [1.165, 1.54) is 0 Å². The van der Waals surface area contributed by atoms with E-state index in [2.05, 4.69) is 5.32 Å². The van der Waals surface area contributed by atoms with Crippen LogP contribution in [0.25, 0.3) is 0 Å². The minimum absolute atomic E-state index is 0.106. The number of carbonyl (C=O) groups excluding carboxylic acids is 1. The summed E-state index contributed by atoms with van der Waals surface area (Å²) in [5.41, 5.74) is 0. The molecule has 13 heavy (non-hydrogen) atoms. The van der Waals surface area contributed by atoms with E-state index < -0.39 is 6.10 Å². The van der Waals surface area contributed by atoms with Gasteiger partial charge in [-0.15, -0.1) is 0 Å². The third-order valence-electron chi connectivity index (χ3n) is 2.32. The molecule has 0 aromatic rings. The number of hydrogen-bond donors (Lipinski definition) is 2. The van der Waals surface area contributed by atoms with Gasteiger partial charge in [-0.05, 0) is 26.7 Å². The quantitative estimate of drug-likeness (QED) is 0.656. The van der Waals surface area contributed by atoms with Crippen molar-refractivity contribution < 1.29 is 14.6 Å². The molecule has 1 rings (SSSR count). The summed E-state index contributed by atoms with van der Waals surface area (Å²) in [5, 5.41) is 11.9. The summed E-state index contributed by atoms with van der Waals surface area (Å²) in [6.07, 6.45) is 0.908. The van der Waals surface area contributed by atoms with Gasteiger partial charge < -0.3 is 15.2 Å². The maximum Gasteiger partial charge on any atom is 0.249 e. The largest absolute Gasteiger partial charge is 0.391 e. The van der Waals surface area contributed by atoms with Gasteiger partial charge in [0.2, 0.25) is 5.91 Å². The Bertz CT molecular complexity index is 176. The average Bonchev–Trinajstić information content (AvgIpc) is 2.55. The van der Waals surface area contributed by atoms with Crippen LogP contribution >= 0.6 is 0 Å². The summed E-state index contributed by atoms with van der Waals surface area (Å²) < 4.78 is 5.20. The molecule has 2 unspecified atom stereocenters. The molecule has 0 saturated carbocycles. The smallest absolute Gasteiger partial charge is 0.249 e. The van der Waals surface area contributed by atoms with Crippen molar-refractivity contribution in [2.24, 2.45) is 0 Å². The lowest BCUT2D eigenvalue weighted by molar-refractivity contribution is -0.131.